The number of esters is 1. The van der Waals surface area contributed by atoms with Crippen molar-refractivity contribution in [2.45, 2.75) is 16.7 Å². The number of rotatable bonds is 8. The maximum absolute atomic E-state index is 13.3. The van der Waals surface area contributed by atoms with E-state index in [1.54, 1.807) is 24.3 Å². The van der Waals surface area contributed by atoms with Gasteiger partial charge >= 0.3 is 5.97 Å². The molecular formula is C30H18ClN5O6S. The van der Waals surface area contributed by atoms with Crippen LogP contribution in [0.2, 0.25) is 5.02 Å². The second-order valence-corrected chi connectivity index (χ2v) is 10.7. The summed E-state index contributed by atoms with van der Waals surface area (Å²) in [6.07, 6.45) is 1.19. The molecule has 2 aromatic carbocycles. The number of hydrogen-bond donors (Lipinski definition) is 1. The number of carbonyl (C=O) groups excluding carboxylic acids is 4. The SMILES string of the molecule is N#Cc1c(N)nc(SC2CC(=O)N(c3ccc(C(=O)OCC(=O)c4ccc(Cl)cc4)cc3)C2=O)c(C#N)c1-c1ccco1. The fraction of sp³-hybridized carbons (Fsp3) is 0.100. The zero-order chi connectivity index (χ0) is 30.7. The van der Waals surface area contributed by atoms with E-state index in [0.29, 0.717) is 10.6 Å². The zero-order valence-corrected chi connectivity index (χ0v) is 23.5. The number of pyridine rings is 1. The van der Waals surface area contributed by atoms with Crippen LogP contribution in [0.3, 0.4) is 0 Å². The molecule has 1 aliphatic heterocycles. The molecule has 4 aromatic rings. The number of ketones is 1. The number of benzene rings is 2. The van der Waals surface area contributed by atoms with Gasteiger partial charge in [0.2, 0.25) is 11.8 Å². The van der Waals surface area contributed by atoms with Gasteiger partial charge in [-0.25, -0.2) is 14.7 Å². The summed E-state index contributed by atoms with van der Waals surface area (Å²) in [6.45, 7) is -0.482. The van der Waals surface area contributed by atoms with E-state index in [0.717, 1.165) is 16.7 Å². The minimum Gasteiger partial charge on any atom is -0.464 e. The Bertz CT molecular complexity index is 1840. The first-order valence-electron chi connectivity index (χ1n) is 12.5. The van der Waals surface area contributed by atoms with E-state index in [9.17, 15) is 29.7 Å². The smallest absolute Gasteiger partial charge is 0.338 e. The number of nitriles is 2. The molecule has 1 unspecified atom stereocenters. The van der Waals surface area contributed by atoms with Crippen molar-refractivity contribution in [3.63, 3.8) is 0 Å². The highest BCUT2D eigenvalue weighted by molar-refractivity contribution is 8.00. The fourth-order valence-electron chi connectivity index (χ4n) is 4.33. The average Bonchev–Trinajstić information content (AvgIpc) is 3.63. The number of ether oxygens (including phenoxy) is 1. The largest absolute Gasteiger partial charge is 0.464 e. The molecule has 1 saturated heterocycles. The van der Waals surface area contributed by atoms with Crippen LogP contribution < -0.4 is 10.6 Å². The summed E-state index contributed by atoms with van der Waals surface area (Å²) in [7, 11) is 0. The average molecular weight is 612 g/mol. The molecule has 11 nitrogen and oxygen atoms in total. The monoisotopic (exact) mass is 611 g/mol. The van der Waals surface area contributed by atoms with Crippen LogP contribution in [-0.4, -0.2) is 40.4 Å². The fourth-order valence-corrected chi connectivity index (χ4v) is 5.58. The van der Waals surface area contributed by atoms with Gasteiger partial charge in [-0.3, -0.25) is 14.4 Å². The predicted molar refractivity (Wildman–Crippen MR) is 155 cm³/mol. The molecule has 2 amide bonds. The highest BCUT2D eigenvalue weighted by Gasteiger charge is 2.41. The maximum atomic E-state index is 13.3. The number of aromatic nitrogens is 1. The van der Waals surface area contributed by atoms with Crippen LogP contribution in [0.25, 0.3) is 11.3 Å². The van der Waals surface area contributed by atoms with Crippen LogP contribution >= 0.6 is 23.4 Å². The van der Waals surface area contributed by atoms with Crippen molar-refractivity contribution >= 4 is 58.4 Å². The molecule has 5 rings (SSSR count). The third-order valence-corrected chi connectivity index (χ3v) is 7.83. The quantitative estimate of drug-likeness (QED) is 0.164. The van der Waals surface area contributed by atoms with Crippen LogP contribution in [0, 0.1) is 22.7 Å². The maximum Gasteiger partial charge on any atom is 0.338 e. The van der Waals surface area contributed by atoms with Gasteiger partial charge in [-0.05, 0) is 60.7 Å². The second-order valence-electron chi connectivity index (χ2n) is 9.06. The molecule has 0 aliphatic carbocycles. The number of hydrogen-bond acceptors (Lipinski definition) is 11. The summed E-state index contributed by atoms with van der Waals surface area (Å²) in [5.74, 6) is -2.16. The van der Waals surface area contributed by atoms with E-state index in [-0.39, 0.29) is 51.0 Å². The molecule has 13 heteroatoms. The number of anilines is 2. The summed E-state index contributed by atoms with van der Waals surface area (Å²) >= 11 is 6.71. The summed E-state index contributed by atoms with van der Waals surface area (Å²) in [4.78, 5) is 56.1. The third-order valence-electron chi connectivity index (χ3n) is 6.40. The summed E-state index contributed by atoms with van der Waals surface area (Å²) in [5, 5.41) is 19.1. The van der Waals surface area contributed by atoms with Crippen molar-refractivity contribution in [2.24, 2.45) is 0 Å². The molecule has 0 spiro atoms. The second kappa shape index (κ2) is 12.2. The van der Waals surface area contributed by atoms with Crippen LogP contribution in [0.4, 0.5) is 11.5 Å². The minimum atomic E-state index is -0.938. The Morgan fingerprint density at radius 3 is 2.35 bits per heavy atom. The Morgan fingerprint density at radius 1 is 1.05 bits per heavy atom. The van der Waals surface area contributed by atoms with Crippen LogP contribution in [-0.2, 0) is 14.3 Å². The van der Waals surface area contributed by atoms with E-state index in [4.69, 9.17) is 26.5 Å². The van der Waals surface area contributed by atoms with Crippen LogP contribution in [0.1, 0.15) is 38.3 Å². The summed E-state index contributed by atoms with van der Waals surface area (Å²) < 4.78 is 10.5. The van der Waals surface area contributed by atoms with Gasteiger partial charge in [0.15, 0.2) is 12.4 Å². The van der Waals surface area contributed by atoms with Gasteiger partial charge in [0.1, 0.15) is 34.3 Å². The molecule has 43 heavy (non-hydrogen) atoms. The van der Waals surface area contributed by atoms with Crippen molar-refractivity contribution < 1.29 is 28.3 Å². The number of furan rings is 1. The Hall–Kier alpha value is -5.43. The van der Waals surface area contributed by atoms with E-state index < -0.39 is 35.4 Å². The molecule has 3 heterocycles. The normalized spacial score (nSPS) is 14.3. The van der Waals surface area contributed by atoms with Gasteiger partial charge in [0.25, 0.3) is 0 Å². The number of nitrogens with zero attached hydrogens (tertiary/aromatic N) is 4. The van der Waals surface area contributed by atoms with Crippen molar-refractivity contribution in [1.29, 1.82) is 10.5 Å². The van der Waals surface area contributed by atoms with Crippen molar-refractivity contribution in [2.75, 3.05) is 17.2 Å². The molecule has 2 N–H and O–H groups in total. The first-order valence-corrected chi connectivity index (χ1v) is 13.7. The third kappa shape index (κ3) is 5.83. The van der Waals surface area contributed by atoms with Gasteiger partial charge in [-0.2, -0.15) is 10.5 Å². The van der Waals surface area contributed by atoms with Crippen LogP contribution in [0.5, 0.6) is 0 Å². The number of carbonyl (C=O) groups is 4. The van der Waals surface area contributed by atoms with Gasteiger partial charge in [-0.1, -0.05) is 23.4 Å². The van der Waals surface area contributed by atoms with Gasteiger partial charge in [-0.15, -0.1) is 0 Å². The topological polar surface area (TPSA) is 180 Å². The van der Waals surface area contributed by atoms with E-state index in [1.807, 2.05) is 12.1 Å². The molecule has 1 atom stereocenters. The molecule has 0 radical (unpaired) electrons. The van der Waals surface area contributed by atoms with E-state index >= 15 is 0 Å². The van der Waals surface area contributed by atoms with Gasteiger partial charge < -0.3 is 14.9 Å². The van der Waals surface area contributed by atoms with Crippen LogP contribution in [0.15, 0.2) is 76.4 Å². The first kappa shape index (κ1) is 29.1. The first-order chi connectivity index (χ1) is 20.7. The van der Waals surface area contributed by atoms with Crippen molar-refractivity contribution in [1.82, 2.24) is 4.98 Å². The number of imide groups is 1. The molecule has 1 fully saturated rings. The molecule has 0 saturated carbocycles. The lowest BCUT2D eigenvalue weighted by molar-refractivity contribution is -0.121. The lowest BCUT2D eigenvalue weighted by atomic mass is 10.0. The zero-order valence-electron chi connectivity index (χ0n) is 21.9. The summed E-state index contributed by atoms with van der Waals surface area (Å²) in [5.41, 5.74) is 6.77. The van der Waals surface area contributed by atoms with Crippen molar-refractivity contribution in [3.8, 4) is 23.5 Å². The highest BCUT2D eigenvalue weighted by atomic mass is 35.5. The number of thioether (sulfide) groups is 1. The highest BCUT2D eigenvalue weighted by Crippen LogP contribution is 2.40. The number of Topliss-reactive ketones (excluding diaryl/α,β-unsaturated/α-hetero) is 1. The Morgan fingerprint density at radius 2 is 1.72 bits per heavy atom. The van der Waals surface area contributed by atoms with E-state index in [2.05, 4.69) is 4.98 Å². The van der Waals surface area contributed by atoms with Gasteiger partial charge in [0.05, 0.1) is 33.9 Å². The number of nitrogen functional groups attached to an aromatic ring is 1. The Labute approximate surface area is 253 Å². The molecule has 2 aromatic heterocycles. The lowest BCUT2D eigenvalue weighted by Crippen LogP contribution is -2.31. The Kier molecular flexibility index (Phi) is 8.25. The molecule has 0 bridgehead atoms. The molecule has 1 aliphatic rings. The number of nitrogens with two attached hydrogens (primary N) is 1. The number of amides is 2. The minimum absolute atomic E-state index is 0.0122. The molecular weight excluding hydrogens is 594 g/mol. The number of halogens is 1. The standard InChI is InChI=1S/C30H18ClN5O6S/c31-18-7-3-16(4-8-18)22(37)15-42-30(40)17-5-9-19(10-6-17)36-25(38)12-24(29(36)39)43-28-21(14-33)26(23-2-1-11-41-23)20(13-32)27(34)35-28/h1-11,24H,12,15H2,(H2,34,35). The Balaban J connectivity index is 1.30. The predicted octanol–water partition coefficient (Wildman–Crippen LogP) is 4.78. The summed E-state index contributed by atoms with van der Waals surface area (Å²) in [6, 6.07) is 18.8. The lowest BCUT2D eigenvalue weighted by Gasteiger charge is -2.16. The van der Waals surface area contributed by atoms with Gasteiger partial charge in [0, 0.05) is 17.0 Å². The van der Waals surface area contributed by atoms with E-state index in [1.165, 1.54) is 42.7 Å². The molecule has 212 valence electrons. The van der Waals surface area contributed by atoms with Crippen molar-refractivity contribution in [3.05, 3.63) is 94.2 Å².